The van der Waals surface area contributed by atoms with Crippen molar-refractivity contribution in [3.8, 4) is 11.5 Å². The molecule has 0 saturated heterocycles. The monoisotopic (exact) mass is 300 g/mol. The van der Waals surface area contributed by atoms with Gasteiger partial charge in [0.15, 0.2) is 5.75 Å². The fraction of sp³-hybridized carbons (Fsp3) is 0.176. The van der Waals surface area contributed by atoms with Crippen LogP contribution in [0.1, 0.15) is 5.56 Å². The maximum atomic E-state index is 6.15. The molecule has 0 saturated carbocycles. The predicted molar refractivity (Wildman–Crippen MR) is 87.2 cm³/mol. The number of hydrogen-bond donors (Lipinski definition) is 1. The highest BCUT2D eigenvalue weighted by atomic mass is 35.5. The third-order valence-corrected chi connectivity index (χ3v) is 3.71. The molecule has 108 valence electrons. The molecule has 3 nitrogen and oxygen atoms in total. The van der Waals surface area contributed by atoms with E-state index in [2.05, 4.69) is 22.0 Å². The van der Waals surface area contributed by atoms with Crippen LogP contribution in [0.25, 0.3) is 10.9 Å². The van der Waals surface area contributed by atoms with Crippen molar-refractivity contribution in [2.45, 2.75) is 6.54 Å². The SMILES string of the molecule is CNCc1ccc(Cl)cc1Oc1cccc2ccn(C)c12. The molecule has 3 aromatic rings. The maximum absolute atomic E-state index is 6.15. The number of rotatable bonds is 4. The highest BCUT2D eigenvalue weighted by molar-refractivity contribution is 6.30. The molecule has 0 aliphatic heterocycles. The molecule has 1 heterocycles. The number of ether oxygens (including phenoxy) is 1. The van der Waals surface area contributed by atoms with Crippen LogP contribution in [0.2, 0.25) is 5.02 Å². The number of nitrogens with zero attached hydrogens (tertiary/aromatic N) is 1. The molecule has 0 aliphatic rings. The Morgan fingerprint density at radius 2 is 2.00 bits per heavy atom. The molecular weight excluding hydrogens is 284 g/mol. The van der Waals surface area contributed by atoms with Gasteiger partial charge < -0.3 is 14.6 Å². The molecule has 2 aromatic carbocycles. The van der Waals surface area contributed by atoms with Gasteiger partial charge in [0, 0.05) is 35.8 Å². The molecule has 4 heteroatoms. The van der Waals surface area contributed by atoms with E-state index in [0.717, 1.165) is 34.5 Å². The van der Waals surface area contributed by atoms with Crippen LogP contribution in [0.3, 0.4) is 0 Å². The number of aromatic nitrogens is 1. The van der Waals surface area contributed by atoms with E-state index in [-0.39, 0.29) is 0 Å². The van der Waals surface area contributed by atoms with Crippen molar-refractivity contribution in [1.29, 1.82) is 0 Å². The Balaban J connectivity index is 2.06. The van der Waals surface area contributed by atoms with E-state index in [4.69, 9.17) is 16.3 Å². The standard InChI is InChI=1S/C17H17ClN2O/c1-19-11-13-6-7-14(18)10-16(13)21-15-5-3-4-12-8-9-20(2)17(12)15/h3-10,19H,11H2,1-2H3. The first kappa shape index (κ1) is 14.0. The Bertz CT molecular complexity index is 780. The summed E-state index contributed by atoms with van der Waals surface area (Å²) in [5, 5.41) is 4.97. The zero-order valence-electron chi connectivity index (χ0n) is 12.1. The Morgan fingerprint density at radius 1 is 1.14 bits per heavy atom. The van der Waals surface area contributed by atoms with Crippen molar-refractivity contribution < 1.29 is 4.74 Å². The molecular formula is C17H17ClN2O. The summed E-state index contributed by atoms with van der Waals surface area (Å²) in [6.45, 7) is 0.732. The van der Waals surface area contributed by atoms with Crippen molar-refractivity contribution >= 4 is 22.5 Å². The number of benzene rings is 2. The molecule has 0 fully saturated rings. The zero-order chi connectivity index (χ0) is 14.8. The minimum absolute atomic E-state index is 0.670. The largest absolute Gasteiger partial charge is 0.455 e. The van der Waals surface area contributed by atoms with Crippen LogP contribution in [0.4, 0.5) is 0 Å². The van der Waals surface area contributed by atoms with Gasteiger partial charge >= 0.3 is 0 Å². The smallest absolute Gasteiger partial charge is 0.151 e. The van der Waals surface area contributed by atoms with Crippen molar-refractivity contribution in [1.82, 2.24) is 9.88 Å². The highest BCUT2D eigenvalue weighted by Crippen LogP contribution is 2.33. The molecule has 0 amide bonds. The fourth-order valence-electron chi connectivity index (χ4n) is 2.48. The van der Waals surface area contributed by atoms with E-state index in [1.807, 2.05) is 50.6 Å². The Hall–Kier alpha value is -1.97. The van der Waals surface area contributed by atoms with Crippen molar-refractivity contribution in [2.75, 3.05) is 7.05 Å². The molecule has 1 aromatic heterocycles. The molecule has 0 unspecified atom stereocenters. The Kier molecular flexibility index (Phi) is 3.86. The van der Waals surface area contributed by atoms with Gasteiger partial charge in [-0.05, 0) is 31.3 Å². The second-order valence-corrected chi connectivity index (χ2v) is 5.44. The zero-order valence-corrected chi connectivity index (χ0v) is 12.8. The quantitative estimate of drug-likeness (QED) is 0.775. The number of nitrogens with one attached hydrogen (secondary N) is 1. The van der Waals surface area contributed by atoms with Crippen molar-refractivity contribution in [2.24, 2.45) is 7.05 Å². The maximum Gasteiger partial charge on any atom is 0.151 e. The van der Waals surface area contributed by atoms with Gasteiger partial charge in [0.25, 0.3) is 0 Å². The summed E-state index contributed by atoms with van der Waals surface area (Å²) in [4.78, 5) is 0. The number of halogens is 1. The normalized spacial score (nSPS) is 11.0. The summed E-state index contributed by atoms with van der Waals surface area (Å²) in [6, 6.07) is 13.9. The Labute approximate surface area is 129 Å². The van der Waals surface area contributed by atoms with Gasteiger partial charge in [-0.1, -0.05) is 29.8 Å². The van der Waals surface area contributed by atoms with Gasteiger partial charge in [-0.3, -0.25) is 0 Å². The molecule has 1 N–H and O–H groups in total. The summed E-state index contributed by atoms with van der Waals surface area (Å²) in [5.41, 5.74) is 2.15. The molecule has 0 atom stereocenters. The summed E-state index contributed by atoms with van der Waals surface area (Å²) in [7, 11) is 3.93. The summed E-state index contributed by atoms with van der Waals surface area (Å²) >= 11 is 6.11. The highest BCUT2D eigenvalue weighted by Gasteiger charge is 2.10. The lowest BCUT2D eigenvalue weighted by atomic mass is 10.2. The van der Waals surface area contributed by atoms with Crippen LogP contribution in [0.15, 0.2) is 48.7 Å². The third-order valence-electron chi connectivity index (χ3n) is 3.48. The first-order valence-corrected chi connectivity index (χ1v) is 7.22. The lowest BCUT2D eigenvalue weighted by molar-refractivity contribution is 0.477. The van der Waals surface area contributed by atoms with Crippen LogP contribution in [-0.4, -0.2) is 11.6 Å². The van der Waals surface area contributed by atoms with E-state index < -0.39 is 0 Å². The molecule has 3 rings (SSSR count). The van der Waals surface area contributed by atoms with E-state index >= 15 is 0 Å². The molecule has 0 spiro atoms. The number of aryl methyl sites for hydroxylation is 1. The second-order valence-electron chi connectivity index (χ2n) is 5.01. The second kappa shape index (κ2) is 5.80. The molecule has 0 radical (unpaired) electrons. The first-order valence-electron chi connectivity index (χ1n) is 6.84. The molecule has 0 aliphatic carbocycles. The van der Waals surface area contributed by atoms with E-state index in [1.54, 1.807) is 0 Å². The van der Waals surface area contributed by atoms with Crippen LogP contribution in [-0.2, 0) is 13.6 Å². The molecule has 0 bridgehead atoms. The van der Waals surface area contributed by atoms with Gasteiger partial charge in [0.1, 0.15) is 5.75 Å². The van der Waals surface area contributed by atoms with Crippen LogP contribution in [0.5, 0.6) is 11.5 Å². The Morgan fingerprint density at radius 3 is 2.81 bits per heavy atom. The summed E-state index contributed by atoms with van der Waals surface area (Å²) in [5.74, 6) is 1.62. The third kappa shape index (κ3) is 2.75. The van der Waals surface area contributed by atoms with Gasteiger partial charge in [0.05, 0.1) is 5.52 Å². The topological polar surface area (TPSA) is 26.2 Å². The van der Waals surface area contributed by atoms with E-state index in [1.165, 1.54) is 0 Å². The van der Waals surface area contributed by atoms with Crippen LogP contribution >= 0.6 is 11.6 Å². The molecule has 21 heavy (non-hydrogen) atoms. The van der Waals surface area contributed by atoms with Crippen LogP contribution < -0.4 is 10.1 Å². The van der Waals surface area contributed by atoms with E-state index in [0.29, 0.717) is 5.02 Å². The number of fused-ring (bicyclic) bond motifs is 1. The minimum atomic E-state index is 0.670. The first-order chi connectivity index (χ1) is 10.2. The predicted octanol–water partition coefficient (Wildman–Crippen LogP) is 4.34. The summed E-state index contributed by atoms with van der Waals surface area (Å²) in [6.07, 6.45) is 2.03. The van der Waals surface area contributed by atoms with Gasteiger partial charge in [-0.25, -0.2) is 0 Å². The van der Waals surface area contributed by atoms with Gasteiger partial charge in [-0.2, -0.15) is 0 Å². The van der Waals surface area contributed by atoms with Crippen molar-refractivity contribution in [3.63, 3.8) is 0 Å². The van der Waals surface area contributed by atoms with Gasteiger partial charge in [0.2, 0.25) is 0 Å². The number of hydrogen-bond acceptors (Lipinski definition) is 2. The van der Waals surface area contributed by atoms with E-state index in [9.17, 15) is 0 Å². The number of para-hydroxylation sites is 1. The average molecular weight is 301 g/mol. The van der Waals surface area contributed by atoms with Crippen LogP contribution in [0, 0.1) is 0 Å². The lowest BCUT2D eigenvalue weighted by Gasteiger charge is -2.13. The summed E-state index contributed by atoms with van der Waals surface area (Å²) < 4.78 is 8.21. The average Bonchev–Trinajstić information content (AvgIpc) is 2.85. The van der Waals surface area contributed by atoms with Crippen molar-refractivity contribution in [3.05, 3.63) is 59.2 Å². The fourth-order valence-corrected chi connectivity index (χ4v) is 2.64. The lowest BCUT2D eigenvalue weighted by Crippen LogP contribution is -2.06. The minimum Gasteiger partial charge on any atom is -0.455 e. The van der Waals surface area contributed by atoms with Gasteiger partial charge in [-0.15, -0.1) is 0 Å².